The summed E-state index contributed by atoms with van der Waals surface area (Å²) in [5, 5.41) is 13.1. The minimum atomic E-state index is -0.101. The number of nitrogens with zero attached hydrogens (tertiary/aromatic N) is 2. The number of anilines is 1. The van der Waals surface area contributed by atoms with E-state index in [1.165, 1.54) is 0 Å². The summed E-state index contributed by atoms with van der Waals surface area (Å²) in [6, 6.07) is 7.63. The molecule has 5 heteroatoms. The summed E-state index contributed by atoms with van der Waals surface area (Å²) in [6.07, 6.45) is 1.56. The van der Waals surface area contributed by atoms with Crippen LogP contribution in [0.5, 0.6) is 0 Å². The number of benzene rings is 1. The van der Waals surface area contributed by atoms with E-state index in [2.05, 4.69) is 21.0 Å². The fourth-order valence-electron chi connectivity index (χ4n) is 1.33. The van der Waals surface area contributed by atoms with Crippen molar-refractivity contribution in [3.8, 4) is 5.69 Å². The molecule has 78 valence electrons. The third kappa shape index (κ3) is 1.75. The molecule has 2 rings (SSSR count). The van der Waals surface area contributed by atoms with E-state index in [0.717, 1.165) is 10.2 Å². The number of aliphatic hydroxyl groups excluding tert-OH is 1. The zero-order chi connectivity index (χ0) is 10.8. The van der Waals surface area contributed by atoms with Crippen molar-refractivity contribution in [2.45, 2.75) is 6.61 Å². The zero-order valence-electron chi connectivity index (χ0n) is 7.89. The molecule has 0 bridgehead atoms. The topological polar surface area (TPSA) is 64.1 Å². The molecule has 0 aliphatic carbocycles. The van der Waals surface area contributed by atoms with Gasteiger partial charge in [-0.15, -0.1) is 0 Å². The van der Waals surface area contributed by atoms with Crippen molar-refractivity contribution in [1.29, 1.82) is 0 Å². The Labute approximate surface area is 95.5 Å². The lowest BCUT2D eigenvalue weighted by Crippen LogP contribution is -2.03. The molecular formula is C10H10BrN3O. The van der Waals surface area contributed by atoms with Crippen LogP contribution >= 0.6 is 15.9 Å². The van der Waals surface area contributed by atoms with Gasteiger partial charge in [-0.2, -0.15) is 5.10 Å². The average Bonchev–Trinajstić information content (AvgIpc) is 2.60. The summed E-state index contributed by atoms with van der Waals surface area (Å²) in [4.78, 5) is 0. The molecule has 0 amide bonds. The summed E-state index contributed by atoms with van der Waals surface area (Å²) < 4.78 is 2.50. The van der Waals surface area contributed by atoms with E-state index < -0.39 is 0 Å². The van der Waals surface area contributed by atoms with E-state index >= 15 is 0 Å². The largest absolute Gasteiger partial charge is 0.391 e. The third-order valence-corrected chi connectivity index (χ3v) is 2.81. The van der Waals surface area contributed by atoms with Gasteiger partial charge in [0.1, 0.15) is 5.82 Å². The number of rotatable bonds is 2. The van der Waals surface area contributed by atoms with Crippen LogP contribution in [0.15, 0.2) is 34.9 Å². The molecule has 0 aliphatic heterocycles. The van der Waals surface area contributed by atoms with Crippen LogP contribution in [0.1, 0.15) is 5.56 Å². The van der Waals surface area contributed by atoms with E-state index in [4.69, 9.17) is 10.8 Å². The highest BCUT2D eigenvalue weighted by molar-refractivity contribution is 9.10. The smallest absolute Gasteiger partial charge is 0.132 e. The number of hydrogen-bond donors (Lipinski definition) is 2. The Morgan fingerprint density at radius 2 is 2.13 bits per heavy atom. The number of aromatic nitrogens is 2. The second kappa shape index (κ2) is 4.04. The maximum Gasteiger partial charge on any atom is 0.132 e. The normalized spacial score (nSPS) is 10.5. The van der Waals surface area contributed by atoms with Gasteiger partial charge in [-0.05, 0) is 28.1 Å². The maximum atomic E-state index is 9.00. The van der Waals surface area contributed by atoms with Gasteiger partial charge in [-0.25, -0.2) is 4.68 Å². The fourth-order valence-corrected chi connectivity index (χ4v) is 1.78. The van der Waals surface area contributed by atoms with Crippen LogP contribution in [0.25, 0.3) is 5.69 Å². The van der Waals surface area contributed by atoms with Gasteiger partial charge in [-0.1, -0.05) is 12.1 Å². The predicted molar refractivity (Wildman–Crippen MR) is 61.6 cm³/mol. The summed E-state index contributed by atoms with van der Waals surface area (Å²) >= 11 is 3.42. The summed E-state index contributed by atoms with van der Waals surface area (Å²) in [7, 11) is 0. The number of aliphatic hydroxyl groups is 1. The van der Waals surface area contributed by atoms with Gasteiger partial charge < -0.3 is 10.8 Å². The average molecular weight is 268 g/mol. The molecule has 0 fully saturated rings. The van der Waals surface area contributed by atoms with Gasteiger partial charge >= 0.3 is 0 Å². The second-order valence-electron chi connectivity index (χ2n) is 3.08. The number of halogens is 1. The Kier molecular flexibility index (Phi) is 2.75. The van der Waals surface area contributed by atoms with Crippen LogP contribution in [-0.4, -0.2) is 14.9 Å². The molecule has 0 spiro atoms. The van der Waals surface area contributed by atoms with Crippen molar-refractivity contribution >= 4 is 21.7 Å². The van der Waals surface area contributed by atoms with E-state index in [0.29, 0.717) is 11.4 Å². The summed E-state index contributed by atoms with van der Waals surface area (Å²) in [5.74, 6) is 0.462. The number of nitrogen functional groups attached to an aromatic ring is 1. The van der Waals surface area contributed by atoms with Gasteiger partial charge in [0.25, 0.3) is 0 Å². The SMILES string of the molecule is Nc1c(CO)cnn1-c1ccccc1Br. The highest BCUT2D eigenvalue weighted by atomic mass is 79.9. The van der Waals surface area contributed by atoms with Crippen LogP contribution in [0.2, 0.25) is 0 Å². The lowest BCUT2D eigenvalue weighted by atomic mass is 10.3. The third-order valence-electron chi connectivity index (χ3n) is 2.14. The van der Waals surface area contributed by atoms with Crippen molar-refractivity contribution in [2.24, 2.45) is 0 Å². The molecule has 0 aliphatic rings. The van der Waals surface area contributed by atoms with Crippen molar-refractivity contribution in [3.05, 3.63) is 40.5 Å². The Morgan fingerprint density at radius 3 is 2.73 bits per heavy atom. The maximum absolute atomic E-state index is 9.00. The van der Waals surface area contributed by atoms with Crippen LogP contribution in [0, 0.1) is 0 Å². The highest BCUT2D eigenvalue weighted by Gasteiger charge is 2.09. The Morgan fingerprint density at radius 1 is 1.40 bits per heavy atom. The van der Waals surface area contributed by atoms with Gasteiger partial charge in [0.2, 0.25) is 0 Å². The van der Waals surface area contributed by atoms with Crippen LogP contribution in [0.3, 0.4) is 0 Å². The molecule has 1 aromatic heterocycles. The molecule has 2 aromatic rings. The van der Waals surface area contributed by atoms with Crippen molar-refractivity contribution in [2.75, 3.05) is 5.73 Å². The van der Waals surface area contributed by atoms with E-state index in [9.17, 15) is 0 Å². The first-order valence-corrected chi connectivity index (χ1v) is 5.21. The molecule has 3 N–H and O–H groups in total. The van der Waals surface area contributed by atoms with Crippen molar-refractivity contribution < 1.29 is 5.11 Å². The molecule has 15 heavy (non-hydrogen) atoms. The second-order valence-corrected chi connectivity index (χ2v) is 3.93. The zero-order valence-corrected chi connectivity index (χ0v) is 9.48. The Bertz CT molecular complexity index is 481. The van der Waals surface area contributed by atoms with Crippen molar-refractivity contribution in [1.82, 2.24) is 9.78 Å². The standard InChI is InChI=1S/C10H10BrN3O/c11-8-3-1-2-4-9(8)14-10(12)7(6-15)5-13-14/h1-5,15H,6,12H2. The number of nitrogens with two attached hydrogens (primary N) is 1. The van der Waals surface area contributed by atoms with Crippen LogP contribution in [-0.2, 0) is 6.61 Å². The van der Waals surface area contributed by atoms with Gasteiger partial charge in [0, 0.05) is 10.0 Å². The highest BCUT2D eigenvalue weighted by Crippen LogP contribution is 2.23. The Balaban J connectivity index is 2.55. The molecule has 0 atom stereocenters. The minimum absolute atomic E-state index is 0.101. The molecule has 0 saturated carbocycles. The summed E-state index contributed by atoms with van der Waals surface area (Å²) in [5.41, 5.74) is 7.32. The summed E-state index contributed by atoms with van der Waals surface area (Å²) in [6.45, 7) is -0.101. The molecule has 0 radical (unpaired) electrons. The van der Waals surface area contributed by atoms with E-state index in [-0.39, 0.29) is 6.61 Å². The van der Waals surface area contributed by atoms with Crippen LogP contribution in [0.4, 0.5) is 5.82 Å². The predicted octanol–water partition coefficient (Wildman–Crippen LogP) is 1.71. The number of para-hydroxylation sites is 1. The van der Waals surface area contributed by atoms with Gasteiger partial charge in [0.15, 0.2) is 0 Å². The molecule has 4 nitrogen and oxygen atoms in total. The monoisotopic (exact) mass is 267 g/mol. The molecule has 1 heterocycles. The molecule has 0 unspecified atom stereocenters. The van der Waals surface area contributed by atoms with Gasteiger partial charge in [-0.3, -0.25) is 0 Å². The Hall–Kier alpha value is -1.33. The number of hydrogen-bond acceptors (Lipinski definition) is 3. The fraction of sp³-hybridized carbons (Fsp3) is 0.100. The first-order chi connectivity index (χ1) is 7.24. The first kappa shape index (κ1) is 10.2. The first-order valence-electron chi connectivity index (χ1n) is 4.42. The minimum Gasteiger partial charge on any atom is -0.391 e. The lowest BCUT2D eigenvalue weighted by molar-refractivity contribution is 0.282. The van der Waals surface area contributed by atoms with E-state index in [1.54, 1.807) is 10.9 Å². The van der Waals surface area contributed by atoms with Crippen molar-refractivity contribution in [3.63, 3.8) is 0 Å². The van der Waals surface area contributed by atoms with Gasteiger partial charge in [0.05, 0.1) is 18.5 Å². The quantitative estimate of drug-likeness (QED) is 0.871. The lowest BCUT2D eigenvalue weighted by Gasteiger charge is -2.06. The molecular weight excluding hydrogens is 258 g/mol. The molecule has 0 saturated heterocycles. The van der Waals surface area contributed by atoms with Crippen LogP contribution < -0.4 is 5.73 Å². The molecule has 1 aromatic carbocycles. The van der Waals surface area contributed by atoms with E-state index in [1.807, 2.05) is 24.3 Å².